The Morgan fingerprint density at radius 1 is 1.06 bits per heavy atom. The minimum absolute atomic E-state index is 0.0279. The van der Waals surface area contributed by atoms with E-state index in [1.54, 1.807) is 12.4 Å². The van der Waals surface area contributed by atoms with Gasteiger partial charge in [-0.15, -0.1) is 0 Å². The molecule has 1 atom stereocenters. The van der Waals surface area contributed by atoms with E-state index in [-0.39, 0.29) is 25.0 Å². The second-order valence-corrected chi connectivity index (χ2v) is 7.67. The lowest BCUT2D eigenvalue weighted by molar-refractivity contribution is -0.134. The third kappa shape index (κ3) is 6.21. The topological polar surface area (TPSA) is 87.9 Å². The molecule has 0 saturated heterocycles. The summed E-state index contributed by atoms with van der Waals surface area (Å²) in [6.07, 6.45) is 5.05. The van der Waals surface area contributed by atoms with E-state index >= 15 is 0 Å². The Balaban J connectivity index is 1.88. The molecule has 1 amide bonds. The van der Waals surface area contributed by atoms with Crippen LogP contribution in [0.25, 0.3) is 22.3 Å². The molecule has 158 valence electrons. The highest BCUT2D eigenvalue weighted by Gasteiger charge is 2.21. The number of nitrogens with one attached hydrogen (secondary N) is 1. The van der Waals surface area contributed by atoms with Crippen molar-refractivity contribution in [2.24, 2.45) is 5.92 Å². The fraction of sp³-hybridized carbons (Fsp3) is 0.280. The highest BCUT2D eigenvalue weighted by molar-refractivity contribution is 5.81. The molecule has 0 aliphatic carbocycles. The molecule has 0 saturated carbocycles. The zero-order chi connectivity index (χ0) is 22.1. The molecule has 1 heterocycles. The summed E-state index contributed by atoms with van der Waals surface area (Å²) in [6.45, 7) is 4.34. The minimum atomic E-state index is -0.612. The van der Waals surface area contributed by atoms with Gasteiger partial charge in [0.1, 0.15) is 19.0 Å². The maximum atomic E-state index is 12.5. The zero-order valence-corrected chi connectivity index (χ0v) is 17.8. The van der Waals surface area contributed by atoms with Gasteiger partial charge in [0.2, 0.25) is 5.91 Å². The van der Waals surface area contributed by atoms with Crippen molar-refractivity contribution in [3.05, 3.63) is 72.8 Å². The molecule has 2 aromatic carbocycles. The predicted molar refractivity (Wildman–Crippen MR) is 120 cm³/mol. The first-order chi connectivity index (χ1) is 15.1. The van der Waals surface area contributed by atoms with Crippen molar-refractivity contribution in [3.8, 4) is 28.3 Å². The molecule has 0 aliphatic heterocycles. The molecule has 6 nitrogen and oxygen atoms in total. The lowest BCUT2D eigenvalue weighted by Crippen LogP contribution is -2.37. The average molecular weight is 415 g/mol. The van der Waals surface area contributed by atoms with Gasteiger partial charge in [-0.2, -0.15) is 5.26 Å². The molecule has 0 aliphatic rings. The van der Waals surface area contributed by atoms with Gasteiger partial charge in [-0.05, 0) is 40.7 Å². The summed E-state index contributed by atoms with van der Waals surface area (Å²) in [5.41, 5.74) is 5.01. The third-order valence-corrected chi connectivity index (χ3v) is 4.85. The highest BCUT2D eigenvalue weighted by Crippen LogP contribution is 2.30. The second-order valence-electron chi connectivity index (χ2n) is 7.67. The molecule has 1 aromatic heterocycles. The van der Waals surface area contributed by atoms with Gasteiger partial charge in [0.05, 0.1) is 12.7 Å². The largest absolute Gasteiger partial charge is 0.364 e. The van der Waals surface area contributed by atoms with Crippen LogP contribution in [-0.2, 0) is 16.1 Å². The molecule has 6 heteroatoms. The number of hydrogen-bond acceptors (Lipinski definition) is 5. The van der Waals surface area contributed by atoms with Gasteiger partial charge in [-0.1, -0.05) is 56.3 Å². The molecule has 0 fully saturated rings. The number of ether oxygens (including phenoxy) is 1. The Morgan fingerprint density at radius 2 is 1.81 bits per heavy atom. The molecule has 0 radical (unpaired) electrons. The van der Waals surface area contributed by atoms with Crippen LogP contribution in [0.2, 0.25) is 0 Å². The number of aromatic nitrogens is 2. The fourth-order valence-corrected chi connectivity index (χ4v) is 3.33. The zero-order valence-electron chi connectivity index (χ0n) is 17.8. The molecule has 1 N–H and O–H groups in total. The first-order valence-electron chi connectivity index (χ1n) is 10.3. The van der Waals surface area contributed by atoms with Crippen LogP contribution in [0.15, 0.2) is 67.3 Å². The van der Waals surface area contributed by atoms with E-state index in [2.05, 4.69) is 33.5 Å². The Hall–Kier alpha value is -3.56. The van der Waals surface area contributed by atoms with Crippen LogP contribution in [0, 0.1) is 17.2 Å². The smallest absolute Gasteiger partial charge is 0.249 e. The number of nitriles is 1. The van der Waals surface area contributed by atoms with E-state index in [0.717, 1.165) is 27.8 Å². The molecule has 0 unspecified atom stereocenters. The quantitative estimate of drug-likeness (QED) is 0.525. The minimum Gasteiger partial charge on any atom is -0.364 e. The lowest BCUT2D eigenvalue weighted by Gasteiger charge is -2.20. The van der Waals surface area contributed by atoms with Crippen molar-refractivity contribution in [2.75, 3.05) is 6.54 Å². The summed E-state index contributed by atoms with van der Waals surface area (Å²) in [7, 11) is 0. The van der Waals surface area contributed by atoms with Crippen LogP contribution in [0.4, 0.5) is 0 Å². The lowest BCUT2D eigenvalue weighted by atomic mass is 9.95. The Morgan fingerprint density at radius 3 is 2.48 bits per heavy atom. The monoisotopic (exact) mass is 414 g/mol. The molecule has 3 rings (SSSR count). The maximum absolute atomic E-state index is 12.5. The van der Waals surface area contributed by atoms with Crippen molar-refractivity contribution in [2.45, 2.75) is 33.0 Å². The van der Waals surface area contributed by atoms with Gasteiger partial charge >= 0.3 is 0 Å². The van der Waals surface area contributed by atoms with Crippen LogP contribution in [0.5, 0.6) is 0 Å². The van der Waals surface area contributed by atoms with E-state index in [1.165, 1.54) is 6.33 Å². The molecule has 0 spiro atoms. The van der Waals surface area contributed by atoms with Gasteiger partial charge in [-0.3, -0.25) is 4.79 Å². The number of amides is 1. The van der Waals surface area contributed by atoms with Crippen molar-refractivity contribution in [1.29, 1.82) is 5.26 Å². The van der Waals surface area contributed by atoms with Gasteiger partial charge in [0.25, 0.3) is 0 Å². The summed E-state index contributed by atoms with van der Waals surface area (Å²) in [4.78, 5) is 20.7. The molecule has 0 bridgehead atoms. The predicted octanol–water partition coefficient (Wildman–Crippen LogP) is 4.38. The second kappa shape index (κ2) is 11.0. The number of carbonyl (C=O) groups excluding carboxylic acids is 1. The third-order valence-electron chi connectivity index (χ3n) is 4.85. The van der Waals surface area contributed by atoms with Crippen molar-refractivity contribution in [3.63, 3.8) is 0 Å². The summed E-state index contributed by atoms with van der Waals surface area (Å²) in [5.74, 6) is 0.0291. The van der Waals surface area contributed by atoms with Crippen molar-refractivity contribution in [1.82, 2.24) is 15.3 Å². The Kier molecular flexibility index (Phi) is 7.85. The van der Waals surface area contributed by atoms with E-state index in [4.69, 9.17) is 10.00 Å². The van der Waals surface area contributed by atoms with Crippen LogP contribution in [-0.4, -0.2) is 28.5 Å². The van der Waals surface area contributed by atoms with E-state index < -0.39 is 6.10 Å². The first-order valence-corrected chi connectivity index (χ1v) is 10.3. The average Bonchev–Trinajstić information content (AvgIpc) is 2.81. The first kappa shape index (κ1) is 22.1. The fourth-order valence-electron chi connectivity index (χ4n) is 3.33. The summed E-state index contributed by atoms with van der Waals surface area (Å²) in [5, 5.41) is 11.4. The summed E-state index contributed by atoms with van der Waals surface area (Å²) >= 11 is 0. The van der Waals surface area contributed by atoms with E-state index in [9.17, 15) is 4.79 Å². The number of nitrogens with zero attached hydrogens (tertiary/aromatic N) is 3. The normalized spacial score (nSPS) is 11.7. The van der Waals surface area contributed by atoms with Crippen molar-refractivity contribution >= 4 is 5.91 Å². The molecular formula is C25H26N4O2. The molecule has 31 heavy (non-hydrogen) atoms. The van der Waals surface area contributed by atoms with Crippen LogP contribution in [0.1, 0.15) is 25.8 Å². The van der Waals surface area contributed by atoms with Gasteiger partial charge in [-0.25, -0.2) is 9.97 Å². The van der Waals surface area contributed by atoms with Gasteiger partial charge in [0, 0.05) is 18.0 Å². The van der Waals surface area contributed by atoms with Crippen LogP contribution >= 0.6 is 0 Å². The Labute approximate surface area is 182 Å². The van der Waals surface area contributed by atoms with E-state index in [0.29, 0.717) is 6.42 Å². The number of hydrogen-bond donors (Lipinski definition) is 1. The standard InChI is InChI=1S/C25H26N4O2/c1-18(2)12-24(25(30)29-11-10-26)31-16-21-9-8-20(22-14-27-17-28-15-22)13-23(21)19-6-4-3-5-7-19/h3-9,13-15,17-18,24H,11-12,16H2,1-2H3,(H,29,30)/t24-/m0/s1. The van der Waals surface area contributed by atoms with Gasteiger partial charge < -0.3 is 10.1 Å². The number of benzene rings is 2. The highest BCUT2D eigenvalue weighted by atomic mass is 16.5. The summed E-state index contributed by atoms with van der Waals surface area (Å²) < 4.78 is 6.06. The van der Waals surface area contributed by atoms with Crippen molar-refractivity contribution < 1.29 is 9.53 Å². The molecule has 3 aromatic rings. The Bertz CT molecular complexity index is 1030. The number of rotatable bonds is 9. The number of carbonyl (C=O) groups is 1. The van der Waals surface area contributed by atoms with E-state index in [1.807, 2.05) is 50.2 Å². The van der Waals surface area contributed by atoms with Crippen LogP contribution < -0.4 is 5.32 Å². The van der Waals surface area contributed by atoms with Crippen LogP contribution in [0.3, 0.4) is 0 Å². The van der Waals surface area contributed by atoms with Gasteiger partial charge in [0.15, 0.2) is 0 Å². The maximum Gasteiger partial charge on any atom is 0.249 e. The summed E-state index contributed by atoms with van der Waals surface area (Å²) in [6, 6.07) is 18.1. The SMILES string of the molecule is CC(C)C[C@H](OCc1ccc(-c2cncnc2)cc1-c1ccccc1)C(=O)NCC#N. The molecular weight excluding hydrogens is 388 g/mol.